The number of alkyl halides is 4. The van der Waals surface area contributed by atoms with Gasteiger partial charge in [-0.3, -0.25) is 9.69 Å². The van der Waals surface area contributed by atoms with Crippen molar-refractivity contribution in [2.45, 2.75) is 31.4 Å². The summed E-state index contributed by atoms with van der Waals surface area (Å²) in [6.07, 6.45) is -3.86. The molecule has 1 aliphatic rings. The van der Waals surface area contributed by atoms with Crippen LogP contribution in [-0.2, 0) is 6.18 Å². The molecular formula is C23H21ClF4N8O2S. The molecule has 5 heterocycles. The van der Waals surface area contributed by atoms with Gasteiger partial charge in [0.15, 0.2) is 5.82 Å². The molecule has 1 amide bonds. The highest BCUT2D eigenvalue weighted by Gasteiger charge is 2.39. The molecular weight excluding hydrogens is 564 g/mol. The number of aromatic nitrogens is 5. The van der Waals surface area contributed by atoms with Gasteiger partial charge in [0.25, 0.3) is 5.91 Å². The smallest absolute Gasteiger partial charge is 0.418 e. The van der Waals surface area contributed by atoms with Crippen molar-refractivity contribution in [2.75, 3.05) is 25.9 Å². The molecule has 0 radical (unpaired) electrons. The van der Waals surface area contributed by atoms with E-state index < -0.39 is 35.4 Å². The average molecular weight is 585 g/mol. The van der Waals surface area contributed by atoms with E-state index in [-0.39, 0.29) is 47.7 Å². The lowest BCUT2D eigenvalue weighted by Crippen LogP contribution is -2.41. The van der Waals surface area contributed by atoms with E-state index in [1.54, 1.807) is 5.38 Å². The number of anilines is 1. The summed E-state index contributed by atoms with van der Waals surface area (Å²) in [5.41, 5.74) is 4.26. The number of nitrogen functional groups attached to an aromatic ring is 1. The van der Waals surface area contributed by atoms with Crippen molar-refractivity contribution >= 4 is 40.2 Å². The van der Waals surface area contributed by atoms with Crippen LogP contribution in [0.1, 0.15) is 33.9 Å². The molecule has 4 aromatic heterocycles. The Morgan fingerprint density at radius 3 is 2.74 bits per heavy atom. The standard InChI is InChI=1S/C23H21ClF4N8O2S/c1-10(22-34-17(24)8-39-22)35-6-14(25)15(7-35)33-20(37)12-3-11(5-30-21(12)38-2)16-4-13(23(26,27)28)18-19(29)31-9-32-36(16)18/h3-5,8-10,14-15H,6-7H2,1-2H3,(H,33,37)(H2,29,31,32)/t10?,14-,15+/m0/s1. The van der Waals surface area contributed by atoms with Crippen LogP contribution in [0.2, 0.25) is 5.15 Å². The molecule has 10 nitrogen and oxygen atoms in total. The topological polar surface area (TPSA) is 124 Å². The molecule has 0 saturated carbocycles. The highest BCUT2D eigenvalue weighted by atomic mass is 35.5. The monoisotopic (exact) mass is 584 g/mol. The molecule has 5 rings (SSSR count). The average Bonchev–Trinajstić information content (AvgIpc) is 3.60. The van der Waals surface area contributed by atoms with E-state index >= 15 is 0 Å². The number of nitrogens with one attached hydrogen (secondary N) is 1. The molecule has 16 heteroatoms. The lowest BCUT2D eigenvalue weighted by Gasteiger charge is -2.22. The summed E-state index contributed by atoms with van der Waals surface area (Å²) in [7, 11) is 1.29. The molecule has 0 aromatic carbocycles. The lowest BCUT2D eigenvalue weighted by atomic mass is 10.1. The van der Waals surface area contributed by atoms with Crippen LogP contribution in [0.3, 0.4) is 0 Å². The first kappa shape index (κ1) is 27.0. The molecule has 3 N–H and O–H groups in total. The zero-order valence-electron chi connectivity index (χ0n) is 20.4. The number of amides is 1. The van der Waals surface area contributed by atoms with Gasteiger partial charge in [-0.15, -0.1) is 11.3 Å². The van der Waals surface area contributed by atoms with Crippen LogP contribution < -0.4 is 15.8 Å². The van der Waals surface area contributed by atoms with Gasteiger partial charge in [0.1, 0.15) is 33.7 Å². The molecule has 1 saturated heterocycles. The van der Waals surface area contributed by atoms with Gasteiger partial charge < -0.3 is 15.8 Å². The summed E-state index contributed by atoms with van der Waals surface area (Å²) in [5, 5.41) is 9.34. The Hall–Kier alpha value is -3.56. The summed E-state index contributed by atoms with van der Waals surface area (Å²) < 4.78 is 62.4. The molecule has 39 heavy (non-hydrogen) atoms. The summed E-state index contributed by atoms with van der Waals surface area (Å²) in [5.74, 6) is -1.15. The van der Waals surface area contributed by atoms with E-state index in [1.807, 2.05) is 11.8 Å². The van der Waals surface area contributed by atoms with Gasteiger partial charge in [-0.2, -0.15) is 18.3 Å². The molecule has 0 spiro atoms. The number of hydrogen-bond acceptors (Lipinski definition) is 9. The fourth-order valence-corrected chi connectivity index (χ4v) is 5.56. The third-order valence-corrected chi connectivity index (χ3v) is 7.80. The van der Waals surface area contributed by atoms with Gasteiger partial charge in [-0.1, -0.05) is 11.6 Å². The highest BCUT2D eigenvalue weighted by Crippen LogP contribution is 2.39. The summed E-state index contributed by atoms with van der Waals surface area (Å²) in [6, 6.07) is 1.08. The van der Waals surface area contributed by atoms with Crippen LogP contribution in [0.4, 0.5) is 23.4 Å². The van der Waals surface area contributed by atoms with Gasteiger partial charge in [0.05, 0.1) is 30.5 Å². The fourth-order valence-electron chi connectivity index (χ4n) is 4.51. The first-order valence-corrected chi connectivity index (χ1v) is 12.8. The van der Waals surface area contributed by atoms with E-state index in [1.165, 1.54) is 30.7 Å². The quantitative estimate of drug-likeness (QED) is 0.326. The van der Waals surface area contributed by atoms with Crippen molar-refractivity contribution in [3.63, 3.8) is 0 Å². The molecule has 1 fully saturated rings. The van der Waals surface area contributed by atoms with Gasteiger partial charge in [0, 0.05) is 30.2 Å². The van der Waals surface area contributed by atoms with E-state index in [9.17, 15) is 22.4 Å². The maximum Gasteiger partial charge on any atom is 0.418 e. The number of carbonyl (C=O) groups excluding carboxylic acids is 1. The van der Waals surface area contributed by atoms with Crippen molar-refractivity contribution < 1.29 is 27.1 Å². The largest absolute Gasteiger partial charge is 0.480 e. The maximum absolute atomic E-state index is 15.0. The SMILES string of the molecule is COc1ncc(-c2cc(C(F)(F)F)c3c(N)ncnn23)cc1C(=O)N[C@@H]1CN(C(C)c2nc(Cl)cs2)C[C@@H]1F. The molecule has 1 unspecified atom stereocenters. The summed E-state index contributed by atoms with van der Waals surface area (Å²) in [6.45, 7) is 2.14. The zero-order chi connectivity index (χ0) is 28.1. The lowest BCUT2D eigenvalue weighted by molar-refractivity contribution is -0.136. The first-order chi connectivity index (χ1) is 18.5. The number of likely N-dealkylation sites (tertiary alicyclic amines) is 1. The number of fused-ring (bicyclic) bond motifs is 1. The summed E-state index contributed by atoms with van der Waals surface area (Å²) >= 11 is 7.27. The number of rotatable bonds is 6. The van der Waals surface area contributed by atoms with Crippen molar-refractivity contribution in [1.82, 2.24) is 34.8 Å². The van der Waals surface area contributed by atoms with Gasteiger partial charge >= 0.3 is 6.18 Å². The van der Waals surface area contributed by atoms with Crippen LogP contribution in [0, 0.1) is 0 Å². The second-order valence-electron chi connectivity index (χ2n) is 8.86. The van der Waals surface area contributed by atoms with Crippen molar-refractivity contribution in [2.24, 2.45) is 0 Å². The minimum Gasteiger partial charge on any atom is -0.480 e. The summed E-state index contributed by atoms with van der Waals surface area (Å²) in [4.78, 5) is 27.1. The Kier molecular flexibility index (Phi) is 7.07. The van der Waals surface area contributed by atoms with Crippen molar-refractivity contribution in [3.05, 3.63) is 51.3 Å². The van der Waals surface area contributed by atoms with Crippen LogP contribution in [-0.4, -0.2) is 67.8 Å². The third kappa shape index (κ3) is 5.08. The molecule has 1 aliphatic heterocycles. The van der Waals surface area contributed by atoms with Gasteiger partial charge in [0.2, 0.25) is 5.88 Å². The fraction of sp³-hybridized carbons (Fsp3) is 0.348. The number of nitrogens with two attached hydrogens (primary N) is 1. The van der Waals surface area contributed by atoms with Crippen LogP contribution in [0.5, 0.6) is 5.88 Å². The second-order valence-corrected chi connectivity index (χ2v) is 10.1. The predicted octanol–water partition coefficient (Wildman–Crippen LogP) is 4.02. The Labute approximate surface area is 227 Å². The van der Waals surface area contributed by atoms with E-state index in [0.717, 1.165) is 21.9 Å². The highest BCUT2D eigenvalue weighted by molar-refractivity contribution is 7.10. The minimum atomic E-state index is -4.74. The Morgan fingerprint density at radius 1 is 1.31 bits per heavy atom. The van der Waals surface area contributed by atoms with Crippen molar-refractivity contribution in [1.29, 1.82) is 0 Å². The molecule has 0 bridgehead atoms. The zero-order valence-corrected chi connectivity index (χ0v) is 22.0. The second kappa shape index (κ2) is 10.2. The Bertz CT molecular complexity index is 1540. The number of methoxy groups -OCH3 is 1. The van der Waals surface area contributed by atoms with E-state index in [2.05, 4.69) is 25.4 Å². The molecule has 206 valence electrons. The predicted molar refractivity (Wildman–Crippen MR) is 135 cm³/mol. The number of hydrogen-bond donors (Lipinski definition) is 2. The maximum atomic E-state index is 15.0. The van der Waals surface area contributed by atoms with Gasteiger partial charge in [-0.25, -0.2) is 23.9 Å². The minimum absolute atomic E-state index is 0.0260. The van der Waals surface area contributed by atoms with Crippen LogP contribution in [0.15, 0.2) is 30.0 Å². The number of ether oxygens (including phenoxy) is 1. The number of pyridine rings is 1. The van der Waals surface area contributed by atoms with E-state index in [0.29, 0.717) is 5.15 Å². The van der Waals surface area contributed by atoms with Gasteiger partial charge in [-0.05, 0) is 19.1 Å². The Balaban J connectivity index is 1.44. The number of thiazole rings is 1. The third-order valence-electron chi connectivity index (χ3n) is 6.47. The Morgan fingerprint density at radius 2 is 2.08 bits per heavy atom. The number of carbonyl (C=O) groups is 1. The number of halogens is 5. The van der Waals surface area contributed by atoms with Crippen LogP contribution in [0.25, 0.3) is 16.8 Å². The molecule has 3 atom stereocenters. The van der Waals surface area contributed by atoms with E-state index in [4.69, 9.17) is 22.1 Å². The molecule has 0 aliphatic carbocycles. The number of nitrogens with zero attached hydrogens (tertiary/aromatic N) is 6. The van der Waals surface area contributed by atoms with Crippen molar-refractivity contribution in [3.8, 4) is 17.1 Å². The first-order valence-electron chi connectivity index (χ1n) is 11.5. The normalized spacial score (nSPS) is 18.9. The molecule has 4 aromatic rings. The van der Waals surface area contributed by atoms with Crippen LogP contribution >= 0.6 is 22.9 Å².